The first-order valence-corrected chi connectivity index (χ1v) is 6.25. The van der Waals surface area contributed by atoms with Crippen LogP contribution in [0.25, 0.3) is 0 Å². The van der Waals surface area contributed by atoms with E-state index in [-0.39, 0.29) is 11.6 Å². The molecule has 8 heteroatoms. The predicted octanol–water partition coefficient (Wildman–Crippen LogP) is 0.497. The highest BCUT2D eigenvalue weighted by molar-refractivity contribution is 5.58. The molecular weight excluding hydrogens is 248 g/mol. The summed E-state index contributed by atoms with van der Waals surface area (Å²) in [5.74, 6) is 0.382. The fourth-order valence-corrected chi connectivity index (χ4v) is 2.19. The lowest BCUT2D eigenvalue weighted by atomic mass is 10.2. The molecule has 1 aliphatic heterocycles. The van der Waals surface area contributed by atoms with Gasteiger partial charge in [0, 0.05) is 32.2 Å². The first-order chi connectivity index (χ1) is 8.99. The molecule has 1 aliphatic rings. The fourth-order valence-electron chi connectivity index (χ4n) is 2.19. The van der Waals surface area contributed by atoms with Crippen LogP contribution in [0.2, 0.25) is 0 Å². The number of rotatable bonds is 3. The zero-order chi connectivity index (χ0) is 14.0. The summed E-state index contributed by atoms with van der Waals surface area (Å²) >= 11 is 0. The topological polar surface area (TPSA) is 101 Å². The van der Waals surface area contributed by atoms with Gasteiger partial charge in [-0.2, -0.15) is 4.98 Å². The Morgan fingerprint density at radius 1 is 1.37 bits per heavy atom. The van der Waals surface area contributed by atoms with E-state index in [0.29, 0.717) is 24.9 Å². The second-order valence-corrected chi connectivity index (χ2v) is 4.81. The first-order valence-electron chi connectivity index (χ1n) is 6.25. The van der Waals surface area contributed by atoms with Crippen LogP contribution in [0.15, 0.2) is 6.20 Å². The predicted molar refractivity (Wildman–Crippen MR) is 72.0 cm³/mol. The zero-order valence-electron chi connectivity index (χ0n) is 11.1. The molecule has 2 rings (SSSR count). The van der Waals surface area contributed by atoms with E-state index in [1.165, 1.54) is 6.20 Å². The van der Waals surface area contributed by atoms with E-state index in [0.717, 1.165) is 13.1 Å². The van der Waals surface area contributed by atoms with Gasteiger partial charge < -0.3 is 10.6 Å². The average Bonchev–Trinajstić information content (AvgIpc) is 2.38. The molecule has 0 atom stereocenters. The van der Waals surface area contributed by atoms with Crippen molar-refractivity contribution >= 4 is 17.5 Å². The molecule has 8 nitrogen and oxygen atoms in total. The number of nitrogens with zero attached hydrogens (tertiary/aromatic N) is 5. The van der Waals surface area contributed by atoms with Crippen LogP contribution in [0, 0.1) is 10.1 Å². The third-order valence-corrected chi connectivity index (χ3v) is 3.31. The summed E-state index contributed by atoms with van der Waals surface area (Å²) in [5, 5.41) is 11.0. The summed E-state index contributed by atoms with van der Waals surface area (Å²) in [4.78, 5) is 22.5. The van der Waals surface area contributed by atoms with Gasteiger partial charge in [-0.05, 0) is 13.8 Å². The minimum Gasteiger partial charge on any atom is -0.368 e. The molecule has 1 aromatic rings. The lowest BCUT2D eigenvalue weighted by Gasteiger charge is -2.37. The van der Waals surface area contributed by atoms with Crippen molar-refractivity contribution in [2.75, 3.05) is 36.8 Å². The molecule has 0 unspecified atom stereocenters. The number of hydrogen-bond donors (Lipinski definition) is 1. The molecule has 2 heterocycles. The number of nitro groups is 1. The minimum absolute atomic E-state index is 0.0619. The molecule has 0 aromatic carbocycles. The van der Waals surface area contributed by atoms with Crippen LogP contribution < -0.4 is 10.6 Å². The number of hydrogen-bond acceptors (Lipinski definition) is 7. The lowest BCUT2D eigenvalue weighted by Crippen LogP contribution is -2.49. The van der Waals surface area contributed by atoms with Crippen LogP contribution in [0.5, 0.6) is 0 Å². The molecule has 0 aliphatic carbocycles. The molecule has 0 amide bonds. The molecule has 0 spiro atoms. The largest absolute Gasteiger partial charge is 0.368 e. The van der Waals surface area contributed by atoms with E-state index >= 15 is 0 Å². The summed E-state index contributed by atoms with van der Waals surface area (Å²) in [6, 6.07) is 0.479. The van der Waals surface area contributed by atoms with Gasteiger partial charge in [-0.1, -0.05) is 0 Å². The summed E-state index contributed by atoms with van der Waals surface area (Å²) in [5.41, 5.74) is 5.44. The van der Waals surface area contributed by atoms with Crippen LogP contribution >= 0.6 is 0 Å². The SMILES string of the molecule is CC(C)N1CCN(c2nc(N)ncc2[N+](=O)[O-])CC1. The maximum absolute atomic E-state index is 11.0. The van der Waals surface area contributed by atoms with Crippen molar-refractivity contribution in [3.8, 4) is 0 Å². The molecule has 0 radical (unpaired) electrons. The Morgan fingerprint density at radius 3 is 2.53 bits per heavy atom. The molecule has 1 fully saturated rings. The van der Waals surface area contributed by atoms with Gasteiger partial charge in [0.2, 0.25) is 11.8 Å². The molecule has 104 valence electrons. The van der Waals surface area contributed by atoms with Crippen LogP contribution in [-0.2, 0) is 0 Å². The van der Waals surface area contributed by atoms with Crippen molar-refractivity contribution in [1.82, 2.24) is 14.9 Å². The quantitative estimate of drug-likeness (QED) is 0.627. The molecule has 19 heavy (non-hydrogen) atoms. The van der Waals surface area contributed by atoms with Gasteiger partial charge in [0.1, 0.15) is 6.20 Å². The molecular formula is C11H18N6O2. The molecule has 2 N–H and O–H groups in total. The second-order valence-electron chi connectivity index (χ2n) is 4.81. The van der Waals surface area contributed by atoms with Crippen LogP contribution in [0.1, 0.15) is 13.8 Å². The number of nitrogen functional groups attached to an aromatic ring is 1. The Bertz CT molecular complexity index is 470. The normalized spacial score (nSPS) is 16.9. The minimum atomic E-state index is -0.469. The summed E-state index contributed by atoms with van der Waals surface area (Å²) in [6.45, 7) is 7.41. The van der Waals surface area contributed by atoms with E-state index in [2.05, 4.69) is 28.7 Å². The molecule has 0 saturated carbocycles. The van der Waals surface area contributed by atoms with Crippen molar-refractivity contribution in [3.63, 3.8) is 0 Å². The van der Waals surface area contributed by atoms with Crippen LogP contribution in [0.3, 0.4) is 0 Å². The number of aromatic nitrogens is 2. The molecule has 0 bridgehead atoms. The average molecular weight is 266 g/mol. The maximum atomic E-state index is 11.0. The van der Waals surface area contributed by atoms with Gasteiger partial charge in [-0.15, -0.1) is 0 Å². The van der Waals surface area contributed by atoms with E-state index in [1.807, 2.05) is 4.90 Å². The Morgan fingerprint density at radius 2 is 2.00 bits per heavy atom. The Balaban J connectivity index is 2.19. The Labute approximate surface area is 111 Å². The lowest BCUT2D eigenvalue weighted by molar-refractivity contribution is -0.384. The van der Waals surface area contributed by atoms with Crippen molar-refractivity contribution in [2.24, 2.45) is 0 Å². The molecule has 1 saturated heterocycles. The van der Waals surface area contributed by atoms with Crippen LogP contribution in [0.4, 0.5) is 17.5 Å². The Hall–Kier alpha value is -1.96. The van der Waals surface area contributed by atoms with Gasteiger partial charge in [-0.25, -0.2) is 4.98 Å². The highest BCUT2D eigenvalue weighted by atomic mass is 16.6. The summed E-state index contributed by atoms with van der Waals surface area (Å²) in [7, 11) is 0. The monoisotopic (exact) mass is 266 g/mol. The third-order valence-electron chi connectivity index (χ3n) is 3.31. The van der Waals surface area contributed by atoms with Gasteiger partial charge >= 0.3 is 5.69 Å². The smallest absolute Gasteiger partial charge is 0.329 e. The highest BCUT2D eigenvalue weighted by Crippen LogP contribution is 2.26. The van der Waals surface area contributed by atoms with Gasteiger partial charge in [-0.3, -0.25) is 15.0 Å². The summed E-state index contributed by atoms with van der Waals surface area (Å²) < 4.78 is 0. The maximum Gasteiger partial charge on any atom is 0.329 e. The van der Waals surface area contributed by atoms with Crippen molar-refractivity contribution in [3.05, 3.63) is 16.3 Å². The van der Waals surface area contributed by atoms with Gasteiger partial charge in [0.05, 0.1) is 4.92 Å². The van der Waals surface area contributed by atoms with Crippen molar-refractivity contribution in [2.45, 2.75) is 19.9 Å². The van der Waals surface area contributed by atoms with Gasteiger partial charge in [0.15, 0.2) is 0 Å². The van der Waals surface area contributed by atoms with E-state index in [9.17, 15) is 10.1 Å². The number of anilines is 2. The first kappa shape index (κ1) is 13.5. The standard InChI is InChI=1S/C11H18N6O2/c1-8(2)15-3-5-16(6-4-15)10-9(17(18)19)7-13-11(12)14-10/h7-8H,3-6H2,1-2H3,(H2,12,13,14). The van der Waals surface area contributed by atoms with Crippen LogP contribution in [-0.4, -0.2) is 52.0 Å². The van der Waals surface area contributed by atoms with E-state index in [1.54, 1.807) is 0 Å². The zero-order valence-corrected chi connectivity index (χ0v) is 11.1. The second kappa shape index (κ2) is 5.35. The van der Waals surface area contributed by atoms with E-state index in [4.69, 9.17) is 5.73 Å². The Kier molecular flexibility index (Phi) is 3.79. The highest BCUT2D eigenvalue weighted by Gasteiger charge is 2.26. The summed E-state index contributed by atoms with van der Waals surface area (Å²) in [6.07, 6.45) is 1.17. The number of piperazine rings is 1. The fraction of sp³-hybridized carbons (Fsp3) is 0.636. The van der Waals surface area contributed by atoms with Crippen molar-refractivity contribution in [1.29, 1.82) is 0 Å². The van der Waals surface area contributed by atoms with E-state index < -0.39 is 4.92 Å². The third kappa shape index (κ3) is 2.90. The molecule has 1 aromatic heterocycles. The van der Waals surface area contributed by atoms with Gasteiger partial charge in [0.25, 0.3) is 0 Å². The van der Waals surface area contributed by atoms with Crippen molar-refractivity contribution < 1.29 is 4.92 Å². The number of nitrogens with two attached hydrogens (primary N) is 1.